The van der Waals surface area contributed by atoms with Crippen molar-refractivity contribution in [3.05, 3.63) is 24.2 Å². The molecule has 0 aromatic carbocycles. The molecule has 1 fully saturated rings. The zero-order chi connectivity index (χ0) is 15.8. The second kappa shape index (κ2) is 10.9. The monoisotopic (exact) mass is 435 g/mol. The van der Waals surface area contributed by atoms with Gasteiger partial charge in [-0.15, -0.1) is 24.0 Å². The smallest absolute Gasteiger partial charge is 0.191 e. The first-order valence-corrected chi connectivity index (χ1v) is 8.08. The van der Waals surface area contributed by atoms with E-state index in [4.69, 9.17) is 4.42 Å². The number of furan rings is 1. The summed E-state index contributed by atoms with van der Waals surface area (Å²) in [6.07, 6.45) is 2.57. The topological polar surface area (TPSA) is 56.0 Å². The molecule has 7 heteroatoms. The lowest BCUT2D eigenvalue weighted by molar-refractivity contribution is 0.120. The standard InChI is InChI=1S/C16H29N5O.HI/c1-14(21-10-8-20(3)9-11-21)13-19-16(17-2)18-7-6-15-5-4-12-22-15;/h4-5,12,14H,6-11,13H2,1-3H3,(H2,17,18,19);1H. The minimum Gasteiger partial charge on any atom is -0.469 e. The van der Waals surface area contributed by atoms with E-state index in [1.54, 1.807) is 6.26 Å². The van der Waals surface area contributed by atoms with Gasteiger partial charge < -0.3 is 20.0 Å². The van der Waals surface area contributed by atoms with Crippen molar-refractivity contribution in [2.24, 2.45) is 4.99 Å². The predicted octanol–water partition coefficient (Wildman–Crippen LogP) is 1.24. The Morgan fingerprint density at radius 2 is 2.04 bits per heavy atom. The average Bonchev–Trinajstić information content (AvgIpc) is 3.04. The average molecular weight is 435 g/mol. The Bertz CT molecular complexity index is 443. The van der Waals surface area contributed by atoms with Gasteiger partial charge in [0.15, 0.2) is 5.96 Å². The summed E-state index contributed by atoms with van der Waals surface area (Å²) >= 11 is 0. The first kappa shape index (κ1) is 20.2. The molecule has 1 aromatic heterocycles. The summed E-state index contributed by atoms with van der Waals surface area (Å²) in [6.45, 7) is 8.59. The van der Waals surface area contributed by atoms with Crippen LogP contribution in [0.5, 0.6) is 0 Å². The van der Waals surface area contributed by atoms with Crippen LogP contribution in [0.1, 0.15) is 12.7 Å². The molecule has 1 aliphatic heterocycles. The number of halogens is 1. The van der Waals surface area contributed by atoms with E-state index >= 15 is 0 Å². The maximum Gasteiger partial charge on any atom is 0.191 e. The van der Waals surface area contributed by atoms with Crippen LogP contribution in [0.25, 0.3) is 0 Å². The van der Waals surface area contributed by atoms with Gasteiger partial charge in [0.1, 0.15) is 5.76 Å². The highest BCUT2D eigenvalue weighted by atomic mass is 127. The number of nitrogens with zero attached hydrogens (tertiary/aromatic N) is 3. The molecular formula is C16H30IN5O. The molecule has 132 valence electrons. The lowest BCUT2D eigenvalue weighted by Crippen LogP contribution is -2.52. The summed E-state index contributed by atoms with van der Waals surface area (Å²) < 4.78 is 5.32. The summed E-state index contributed by atoms with van der Waals surface area (Å²) in [6, 6.07) is 4.42. The fraction of sp³-hybridized carbons (Fsp3) is 0.688. The summed E-state index contributed by atoms with van der Waals surface area (Å²) in [7, 11) is 3.99. The van der Waals surface area contributed by atoms with Crippen molar-refractivity contribution in [2.45, 2.75) is 19.4 Å². The van der Waals surface area contributed by atoms with E-state index in [-0.39, 0.29) is 24.0 Å². The van der Waals surface area contributed by atoms with Crippen LogP contribution in [0.2, 0.25) is 0 Å². The van der Waals surface area contributed by atoms with Crippen LogP contribution in [0, 0.1) is 0 Å². The van der Waals surface area contributed by atoms with E-state index in [1.807, 2.05) is 19.2 Å². The molecule has 0 spiro atoms. The van der Waals surface area contributed by atoms with Gasteiger partial charge in [-0.3, -0.25) is 9.89 Å². The molecule has 23 heavy (non-hydrogen) atoms. The van der Waals surface area contributed by atoms with Crippen LogP contribution in [-0.2, 0) is 6.42 Å². The molecule has 0 aliphatic carbocycles. The second-order valence-electron chi connectivity index (χ2n) is 5.90. The van der Waals surface area contributed by atoms with E-state index in [2.05, 4.69) is 39.4 Å². The fourth-order valence-corrected chi connectivity index (χ4v) is 2.62. The fourth-order valence-electron chi connectivity index (χ4n) is 2.62. The van der Waals surface area contributed by atoms with Crippen molar-refractivity contribution in [3.8, 4) is 0 Å². The zero-order valence-electron chi connectivity index (χ0n) is 14.4. The van der Waals surface area contributed by atoms with Gasteiger partial charge in [0.25, 0.3) is 0 Å². The number of piperazine rings is 1. The Labute approximate surface area is 156 Å². The lowest BCUT2D eigenvalue weighted by Gasteiger charge is -2.36. The van der Waals surface area contributed by atoms with Gasteiger partial charge in [0, 0.05) is 58.8 Å². The molecule has 0 radical (unpaired) electrons. The van der Waals surface area contributed by atoms with Gasteiger partial charge in [0.05, 0.1) is 6.26 Å². The summed E-state index contributed by atoms with van der Waals surface area (Å²) in [4.78, 5) is 9.18. The van der Waals surface area contributed by atoms with E-state index < -0.39 is 0 Å². The van der Waals surface area contributed by atoms with E-state index in [9.17, 15) is 0 Å². The molecule has 1 aromatic rings. The Morgan fingerprint density at radius 1 is 1.30 bits per heavy atom. The molecule has 0 amide bonds. The van der Waals surface area contributed by atoms with Gasteiger partial charge in [-0.25, -0.2) is 0 Å². The first-order valence-electron chi connectivity index (χ1n) is 8.08. The molecule has 1 atom stereocenters. The molecule has 2 N–H and O–H groups in total. The number of hydrogen-bond donors (Lipinski definition) is 2. The molecule has 1 aliphatic rings. The number of rotatable bonds is 6. The highest BCUT2D eigenvalue weighted by Crippen LogP contribution is 2.04. The van der Waals surface area contributed by atoms with Crippen molar-refractivity contribution in [2.75, 3.05) is 53.4 Å². The number of likely N-dealkylation sites (N-methyl/N-ethyl adjacent to an activating group) is 1. The highest BCUT2D eigenvalue weighted by molar-refractivity contribution is 14.0. The Kier molecular flexibility index (Phi) is 9.57. The molecule has 2 rings (SSSR count). The Balaban J connectivity index is 0.00000264. The third kappa shape index (κ3) is 7.09. The van der Waals surface area contributed by atoms with Gasteiger partial charge >= 0.3 is 0 Å². The minimum absolute atomic E-state index is 0. The molecule has 0 bridgehead atoms. The SMILES string of the molecule is CN=C(NCCc1ccco1)NCC(C)N1CCN(C)CC1.I. The molecule has 2 heterocycles. The number of guanidine groups is 1. The normalized spacial score (nSPS) is 18.3. The van der Waals surface area contributed by atoms with Gasteiger partial charge in [-0.05, 0) is 26.1 Å². The summed E-state index contributed by atoms with van der Waals surface area (Å²) in [5.41, 5.74) is 0. The molecule has 6 nitrogen and oxygen atoms in total. The molecule has 1 saturated heterocycles. The quantitative estimate of drug-likeness (QED) is 0.400. The summed E-state index contributed by atoms with van der Waals surface area (Å²) in [5.74, 6) is 1.85. The number of aliphatic imine (C=N–C) groups is 1. The van der Waals surface area contributed by atoms with Crippen LogP contribution >= 0.6 is 24.0 Å². The van der Waals surface area contributed by atoms with Crippen molar-refractivity contribution in [1.82, 2.24) is 20.4 Å². The van der Waals surface area contributed by atoms with Crippen LogP contribution in [0.3, 0.4) is 0 Å². The number of nitrogens with one attached hydrogen (secondary N) is 2. The first-order chi connectivity index (χ1) is 10.7. The van der Waals surface area contributed by atoms with Gasteiger partial charge in [-0.1, -0.05) is 0 Å². The van der Waals surface area contributed by atoms with E-state index in [1.165, 1.54) is 0 Å². The van der Waals surface area contributed by atoms with Crippen molar-refractivity contribution < 1.29 is 4.42 Å². The van der Waals surface area contributed by atoms with Gasteiger partial charge in [0.2, 0.25) is 0 Å². The zero-order valence-corrected chi connectivity index (χ0v) is 16.7. The second-order valence-corrected chi connectivity index (χ2v) is 5.90. The largest absolute Gasteiger partial charge is 0.469 e. The van der Waals surface area contributed by atoms with Crippen molar-refractivity contribution >= 4 is 29.9 Å². The molecule has 1 unspecified atom stereocenters. The molecule has 0 saturated carbocycles. The van der Waals surface area contributed by atoms with E-state index in [0.29, 0.717) is 6.04 Å². The number of hydrogen-bond acceptors (Lipinski definition) is 4. The van der Waals surface area contributed by atoms with Crippen molar-refractivity contribution in [3.63, 3.8) is 0 Å². The minimum atomic E-state index is 0. The maximum absolute atomic E-state index is 5.32. The Morgan fingerprint density at radius 3 is 2.65 bits per heavy atom. The van der Waals surface area contributed by atoms with Gasteiger partial charge in [-0.2, -0.15) is 0 Å². The predicted molar refractivity (Wildman–Crippen MR) is 106 cm³/mol. The third-order valence-electron chi connectivity index (χ3n) is 4.19. The van der Waals surface area contributed by atoms with Crippen molar-refractivity contribution in [1.29, 1.82) is 0 Å². The third-order valence-corrected chi connectivity index (χ3v) is 4.19. The maximum atomic E-state index is 5.32. The van der Waals surface area contributed by atoms with E-state index in [0.717, 1.165) is 57.4 Å². The van der Waals surface area contributed by atoms with Crippen LogP contribution in [-0.4, -0.2) is 75.2 Å². The Hall–Kier alpha value is -0.800. The molecular weight excluding hydrogens is 405 g/mol. The van der Waals surface area contributed by atoms with Crippen LogP contribution < -0.4 is 10.6 Å². The highest BCUT2D eigenvalue weighted by Gasteiger charge is 2.18. The lowest BCUT2D eigenvalue weighted by atomic mass is 10.2. The van der Waals surface area contributed by atoms with Crippen LogP contribution in [0.15, 0.2) is 27.8 Å². The van der Waals surface area contributed by atoms with Crippen LogP contribution in [0.4, 0.5) is 0 Å². The summed E-state index contributed by atoms with van der Waals surface area (Å²) in [5, 5.41) is 6.74.